The first-order valence-corrected chi connectivity index (χ1v) is 6.95. The standard InChI is InChI=1S/C18H15NO3/c1-22-15-10-8-14(9-11-15)19-16(17(20)18(19)21)12-7-13-5-3-2-4-6-13/h2-12,16H,1H3/b12-7+. The number of hydrogen-bond acceptors (Lipinski definition) is 3. The Hall–Kier alpha value is -2.88. The molecule has 1 fully saturated rings. The molecule has 110 valence electrons. The van der Waals surface area contributed by atoms with Crippen LogP contribution in [0.1, 0.15) is 5.56 Å². The van der Waals surface area contributed by atoms with Crippen molar-refractivity contribution >= 4 is 23.5 Å². The highest BCUT2D eigenvalue weighted by Crippen LogP contribution is 2.28. The van der Waals surface area contributed by atoms with E-state index in [4.69, 9.17) is 4.74 Å². The molecular formula is C18H15NO3. The topological polar surface area (TPSA) is 46.6 Å². The molecule has 0 aliphatic carbocycles. The number of amides is 1. The number of rotatable bonds is 4. The Morgan fingerprint density at radius 1 is 1.00 bits per heavy atom. The van der Waals surface area contributed by atoms with E-state index < -0.39 is 11.9 Å². The van der Waals surface area contributed by atoms with E-state index in [1.807, 2.05) is 36.4 Å². The predicted octanol–water partition coefficient (Wildman–Crippen LogP) is 2.69. The number of ketones is 1. The summed E-state index contributed by atoms with van der Waals surface area (Å²) in [5.41, 5.74) is 1.68. The van der Waals surface area contributed by atoms with Crippen molar-refractivity contribution in [1.82, 2.24) is 0 Å². The second kappa shape index (κ2) is 5.85. The third-order valence-corrected chi connectivity index (χ3v) is 3.60. The fraction of sp³-hybridized carbons (Fsp3) is 0.111. The predicted molar refractivity (Wildman–Crippen MR) is 84.8 cm³/mol. The third-order valence-electron chi connectivity index (χ3n) is 3.60. The van der Waals surface area contributed by atoms with E-state index in [0.29, 0.717) is 11.4 Å². The lowest BCUT2D eigenvalue weighted by Crippen LogP contribution is -2.61. The number of methoxy groups -OCH3 is 1. The van der Waals surface area contributed by atoms with Gasteiger partial charge in [0.25, 0.3) is 5.91 Å². The first-order valence-electron chi connectivity index (χ1n) is 6.95. The maximum absolute atomic E-state index is 11.8. The van der Waals surface area contributed by atoms with Gasteiger partial charge < -0.3 is 4.74 Å². The highest BCUT2D eigenvalue weighted by molar-refractivity contribution is 6.52. The molecule has 1 aliphatic rings. The molecule has 4 nitrogen and oxygen atoms in total. The zero-order valence-corrected chi connectivity index (χ0v) is 12.1. The zero-order chi connectivity index (χ0) is 15.5. The number of carbonyl (C=O) groups is 2. The lowest BCUT2D eigenvalue weighted by atomic mass is 9.97. The van der Waals surface area contributed by atoms with Crippen LogP contribution in [0.4, 0.5) is 5.69 Å². The summed E-state index contributed by atoms with van der Waals surface area (Å²) in [6.07, 6.45) is 3.61. The summed E-state index contributed by atoms with van der Waals surface area (Å²) in [5, 5.41) is 0. The van der Waals surface area contributed by atoms with Crippen molar-refractivity contribution in [3.05, 3.63) is 66.2 Å². The molecule has 22 heavy (non-hydrogen) atoms. The van der Waals surface area contributed by atoms with E-state index in [1.165, 1.54) is 4.90 Å². The third kappa shape index (κ3) is 2.51. The molecule has 4 heteroatoms. The molecule has 1 heterocycles. The smallest absolute Gasteiger partial charge is 0.297 e. The van der Waals surface area contributed by atoms with E-state index in [1.54, 1.807) is 37.5 Å². The van der Waals surface area contributed by atoms with Crippen LogP contribution in [0.15, 0.2) is 60.7 Å². The Labute approximate surface area is 128 Å². The van der Waals surface area contributed by atoms with E-state index >= 15 is 0 Å². The molecule has 0 radical (unpaired) electrons. The summed E-state index contributed by atoms with van der Waals surface area (Å²) in [6, 6.07) is 16.2. The van der Waals surface area contributed by atoms with Gasteiger partial charge in [0.1, 0.15) is 11.8 Å². The summed E-state index contributed by atoms with van der Waals surface area (Å²) in [7, 11) is 1.58. The van der Waals surface area contributed by atoms with Crippen molar-refractivity contribution in [3.8, 4) is 5.75 Å². The van der Waals surface area contributed by atoms with Crippen LogP contribution in [0.25, 0.3) is 6.08 Å². The van der Waals surface area contributed by atoms with Gasteiger partial charge in [-0.3, -0.25) is 14.5 Å². The number of ether oxygens (including phenoxy) is 1. The van der Waals surface area contributed by atoms with Crippen LogP contribution in [-0.2, 0) is 9.59 Å². The normalized spacial score (nSPS) is 17.7. The summed E-state index contributed by atoms with van der Waals surface area (Å²) < 4.78 is 5.10. The van der Waals surface area contributed by atoms with E-state index in [-0.39, 0.29) is 5.78 Å². The van der Waals surface area contributed by atoms with Crippen molar-refractivity contribution in [2.75, 3.05) is 12.0 Å². The molecule has 0 aromatic heterocycles. The number of β-lactam (4-membered cyclic amide) rings is 1. The molecule has 1 atom stereocenters. The quantitative estimate of drug-likeness (QED) is 0.643. The average Bonchev–Trinajstić information content (AvgIpc) is 2.59. The van der Waals surface area contributed by atoms with Crippen LogP contribution in [0.5, 0.6) is 5.75 Å². The summed E-state index contributed by atoms with van der Waals surface area (Å²) in [4.78, 5) is 25.2. The van der Waals surface area contributed by atoms with E-state index in [2.05, 4.69) is 0 Å². The van der Waals surface area contributed by atoms with Gasteiger partial charge in [-0.05, 0) is 29.8 Å². The highest BCUT2D eigenvalue weighted by atomic mass is 16.5. The number of anilines is 1. The molecule has 1 saturated heterocycles. The van der Waals surface area contributed by atoms with Crippen LogP contribution < -0.4 is 9.64 Å². The second-order valence-electron chi connectivity index (χ2n) is 4.95. The van der Waals surface area contributed by atoms with Gasteiger partial charge in [0, 0.05) is 5.69 Å². The second-order valence-corrected chi connectivity index (χ2v) is 4.95. The molecule has 0 spiro atoms. The summed E-state index contributed by atoms with van der Waals surface area (Å²) in [5.74, 6) is -0.157. The van der Waals surface area contributed by atoms with Crippen molar-refractivity contribution < 1.29 is 14.3 Å². The molecule has 1 aliphatic heterocycles. The van der Waals surface area contributed by atoms with Gasteiger partial charge in [0.2, 0.25) is 5.78 Å². The molecule has 1 amide bonds. The van der Waals surface area contributed by atoms with Crippen LogP contribution in [0.2, 0.25) is 0 Å². The number of hydrogen-bond donors (Lipinski definition) is 0. The van der Waals surface area contributed by atoms with Gasteiger partial charge in [0.15, 0.2) is 0 Å². The number of Topliss-reactive ketones (excluding diaryl/α,β-unsaturated/α-hetero) is 1. The Morgan fingerprint density at radius 2 is 1.68 bits per heavy atom. The molecule has 3 rings (SSSR count). The summed E-state index contributed by atoms with van der Waals surface area (Å²) >= 11 is 0. The monoisotopic (exact) mass is 293 g/mol. The largest absolute Gasteiger partial charge is 0.497 e. The van der Waals surface area contributed by atoms with Gasteiger partial charge >= 0.3 is 0 Å². The molecule has 2 aromatic carbocycles. The molecule has 2 aromatic rings. The van der Waals surface area contributed by atoms with Crippen LogP contribution in [-0.4, -0.2) is 24.8 Å². The highest BCUT2D eigenvalue weighted by Gasteiger charge is 2.45. The minimum atomic E-state index is -0.541. The lowest BCUT2D eigenvalue weighted by Gasteiger charge is -2.36. The van der Waals surface area contributed by atoms with Crippen molar-refractivity contribution in [1.29, 1.82) is 0 Å². The fourth-order valence-corrected chi connectivity index (χ4v) is 2.38. The van der Waals surface area contributed by atoms with E-state index in [0.717, 1.165) is 5.56 Å². The fourth-order valence-electron chi connectivity index (χ4n) is 2.38. The van der Waals surface area contributed by atoms with Gasteiger partial charge in [-0.2, -0.15) is 0 Å². The van der Waals surface area contributed by atoms with Crippen molar-refractivity contribution in [2.24, 2.45) is 0 Å². The molecule has 1 unspecified atom stereocenters. The van der Waals surface area contributed by atoms with Crippen LogP contribution in [0, 0.1) is 0 Å². The molecule has 0 N–H and O–H groups in total. The first-order chi connectivity index (χ1) is 10.7. The Kier molecular flexibility index (Phi) is 3.74. The number of benzene rings is 2. The van der Waals surface area contributed by atoms with E-state index in [9.17, 15) is 9.59 Å². The van der Waals surface area contributed by atoms with Crippen molar-refractivity contribution in [3.63, 3.8) is 0 Å². The first kappa shape index (κ1) is 14.1. The SMILES string of the molecule is COc1ccc(N2C(=O)C(=O)C2/C=C/c2ccccc2)cc1. The molecular weight excluding hydrogens is 278 g/mol. The van der Waals surface area contributed by atoms with Crippen molar-refractivity contribution in [2.45, 2.75) is 6.04 Å². The Morgan fingerprint density at radius 3 is 2.32 bits per heavy atom. The molecule has 0 bridgehead atoms. The molecule has 0 saturated carbocycles. The Balaban J connectivity index is 1.82. The lowest BCUT2D eigenvalue weighted by molar-refractivity contribution is -0.142. The number of nitrogens with zero attached hydrogens (tertiary/aromatic N) is 1. The average molecular weight is 293 g/mol. The van der Waals surface area contributed by atoms with Gasteiger partial charge in [-0.15, -0.1) is 0 Å². The minimum absolute atomic E-state index is 0.386. The summed E-state index contributed by atoms with van der Waals surface area (Å²) in [6.45, 7) is 0. The Bertz CT molecular complexity index is 720. The minimum Gasteiger partial charge on any atom is -0.497 e. The van der Waals surface area contributed by atoms with Gasteiger partial charge in [-0.25, -0.2) is 0 Å². The maximum atomic E-state index is 11.8. The van der Waals surface area contributed by atoms with Crippen LogP contribution >= 0.6 is 0 Å². The van der Waals surface area contributed by atoms with Gasteiger partial charge in [-0.1, -0.05) is 42.5 Å². The van der Waals surface area contributed by atoms with Gasteiger partial charge in [0.05, 0.1) is 7.11 Å². The van der Waals surface area contributed by atoms with Crippen LogP contribution in [0.3, 0.4) is 0 Å². The number of carbonyl (C=O) groups excluding carboxylic acids is 2. The zero-order valence-electron chi connectivity index (χ0n) is 12.1. The maximum Gasteiger partial charge on any atom is 0.297 e.